The maximum atomic E-state index is 13.0. The Hall–Kier alpha value is -2.57. The molecule has 2 unspecified atom stereocenters. The van der Waals surface area contributed by atoms with Crippen LogP contribution >= 0.6 is 0 Å². The Bertz CT molecular complexity index is 755. The number of ether oxygens (including phenoxy) is 1. The number of aryl methyl sites for hydroxylation is 2. The van der Waals surface area contributed by atoms with E-state index in [1.54, 1.807) is 34.7 Å². The van der Waals surface area contributed by atoms with Crippen LogP contribution in [-0.2, 0) is 14.3 Å². The molecule has 0 saturated heterocycles. The van der Waals surface area contributed by atoms with Crippen LogP contribution in [0.25, 0.3) is 0 Å². The Morgan fingerprint density at radius 1 is 1.13 bits per heavy atom. The first-order valence-corrected chi connectivity index (χ1v) is 10.5. The van der Waals surface area contributed by atoms with Gasteiger partial charge < -0.3 is 20.3 Å². The minimum Gasteiger partial charge on any atom is -0.444 e. The lowest BCUT2D eigenvalue weighted by atomic mass is 9.99. The monoisotopic (exact) mass is 419 g/mol. The van der Waals surface area contributed by atoms with E-state index in [0.717, 1.165) is 29.5 Å². The minimum absolute atomic E-state index is 0.243. The standard InChI is InChI=1S/C23H37N3O4/c1-9-10-13-24-20(27)19(18-12-11-15(2)16(3)14-18)26(8)21(28)17(4)25-22(29)30-23(5,6)7/h11-12,14,17,19H,9-10,13H2,1-8H3,(H,24,27)(H,25,29). The van der Waals surface area contributed by atoms with E-state index in [1.807, 2.05) is 39.0 Å². The van der Waals surface area contributed by atoms with Gasteiger partial charge >= 0.3 is 6.09 Å². The highest BCUT2D eigenvalue weighted by molar-refractivity contribution is 5.91. The number of rotatable bonds is 8. The fourth-order valence-corrected chi connectivity index (χ4v) is 2.95. The van der Waals surface area contributed by atoms with Crippen LogP contribution < -0.4 is 10.6 Å². The second-order valence-electron chi connectivity index (χ2n) is 8.71. The number of hydrogen-bond acceptors (Lipinski definition) is 4. The lowest BCUT2D eigenvalue weighted by Crippen LogP contribution is -2.50. The van der Waals surface area contributed by atoms with Crippen molar-refractivity contribution < 1.29 is 19.1 Å². The van der Waals surface area contributed by atoms with Crippen molar-refractivity contribution in [3.05, 3.63) is 34.9 Å². The van der Waals surface area contributed by atoms with E-state index < -0.39 is 23.8 Å². The molecule has 30 heavy (non-hydrogen) atoms. The summed E-state index contributed by atoms with van der Waals surface area (Å²) in [6, 6.07) is 4.09. The fourth-order valence-electron chi connectivity index (χ4n) is 2.95. The Kier molecular flexibility index (Phi) is 9.33. The van der Waals surface area contributed by atoms with Crippen molar-refractivity contribution in [1.29, 1.82) is 0 Å². The van der Waals surface area contributed by atoms with Gasteiger partial charge in [-0.15, -0.1) is 0 Å². The van der Waals surface area contributed by atoms with E-state index in [0.29, 0.717) is 6.54 Å². The number of benzene rings is 1. The summed E-state index contributed by atoms with van der Waals surface area (Å²) in [6.45, 7) is 13.4. The van der Waals surface area contributed by atoms with Crippen LogP contribution in [0.15, 0.2) is 18.2 Å². The molecule has 168 valence electrons. The largest absolute Gasteiger partial charge is 0.444 e. The normalized spacial score (nSPS) is 13.2. The van der Waals surface area contributed by atoms with Crippen molar-refractivity contribution >= 4 is 17.9 Å². The zero-order valence-corrected chi connectivity index (χ0v) is 19.6. The fraction of sp³-hybridized carbons (Fsp3) is 0.609. The lowest BCUT2D eigenvalue weighted by Gasteiger charge is -2.30. The summed E-state index contributed by atoms with van der Waals surface area (Å²) in [6.07, 6.45) is 1.15. The molecule has 0 radical (unpaired) electrons. The van der Waals surface area contributed by atoms with Crippen molar-refractivity contribution in [2.24, 2.45) is 0 Å². The van der Waals surface area contributed by atoms with Crippen LogP contribution in [0.2, 0.25) is 0 Å². The van der Waals surface area contributed by atoms with E-state index in [9.17, 15) is 14.4 Å². The van der Waals surface area contributed by atoms with Gasteiger partial charge in [0.15, 0.2) is 0 Å². The number of alkyl carbamates (subject to hydrolysis) is 1. The second kappa shape index (κ2) is 11.0. The molecule has 1 aromatic carbocycles. The molecule has 1 rings (SSSR count). The summed E-state index contributed by atoms with van der Waals surface area (Å²) in [5.74, 6) is -0.623. The molecule has 1 aromatic rings. The Morgan fingerprint density at radius 2 is 1.77 bits per heavy atom. The zero-order chi connectivity index (χ0) is 23.1. The van der Waals surface area contributed by atoms with Crippen LogP contribution in [0.3, 0.4) is 0 Å². The highest BCUT2D eigenvalue weighted by atomic mass is 16.6. The number of unbranched alkanes of at least 4 members (excludes halogenated alkanes) is 1. The quantitative estimate of drug-likeness (QED) is 0.630. The van der Waals surface area contributed by atoms with Gasteiger partial charge in [-0.1, -0.05) is 31.5 Å². The van der Waals surface area contributed by atoms with Gasteiger partial charge in [0.1, 0.15) is 17.7 Å². The van der Waals surface area contributed by atoms with Gasteiger partial charge in [0.2, 0.25) is 11.8 Å². The lowest BCUT2D eigenvalue weighted by molar-refractivity contribution is -0.140. The van der Waals surface area contributed by atoms with Crippen LogP contribution in [0.1, 0.15) is 70.2 Å². The Labute approximate surface area is 180 Å². The summed E-state index contributed by atoms with van der Waals surface area (Å²) in [5, 5.41) is 5.47. The van der Waals surface area contributed by atoms with Crippen LogP contribution in [-0.4, -0.2) is 48.0 Å². The third-order valence-corrected chi connectivity index (χ3v) is 4.76. The molecular formula is C23H37N3O4. The van der Waals surface area contributed by atoms with Gasteiger partial charge in [0, 0.05) is 13.6 Å². The molecule has 0 aliphatic rings. The van der Waals surface area contributed by atoms with E-state index in [1.165, 1.54) is 4.90 Å². The summed E-state index contributed by atoms with van der Waals surface area (Å²) in [5.41, 5.74) is 2.21. The molecule has 0 heterocycles. The van der Waals surface area contributed by atoms with Crippen LogP contribution in [0.5, 0.6) is 0 Å². The predicted molar refractivity (Wildman–Crippen MR) is 118 cm³/mol. The number of carbonyl (C=O) groups is 3. The van der Waals surface area contributed by atoms with Crippen LogP contribution in [0.4, 0.5) is 4.79 Å². The van der Waals surface area contributed by atoms with Gasteiger partial charge in [0.25, 0.3) is 0 Å². The molecule has 2 N–H and O–H groups in total. The second-order valence-corrected chi connectivity index (χ2v) is 8.71. The molecule has 0 fully saturated rings. The first kappa shape index (κ1) is 25.5. The maximum absolute atomic E-state index is 13.0. The predicted octanol–water partition coefficient (Wildman–Crippen LogP) is 3.63. The van der Waals surface area contributed by atoms with Gasteiger partial charge in [0.05, 0.1) is 0 Å². The highest BCUT2D eigenvalue weighted by Gasteiger charge is 2.32. The van der Waals surface area contributed by atoms with Crippen molar-refractivity contribution in [3.63, 3.8) is 0 Å². The minimum atomic E-state index is -0.845. The molecule has 0 spiro atoms. The Balaban J connectivity index is 3.06. The molecule has 3 amide bonds. The average molecular weight is 420 g/mol. The highest BCUT2D eigenvalue weighted by Crippen LogP contribution is 2.23. The van der Waals surface area contributed by atoms with Gasteiger partial charge in [-0.3, -0.25) is 9.59 Å². The summed E-state index contributed by atoms with van der Waals surface area (Å²) in [4.78, 5) is 39.4. The topological polar surface area (TPSA) is 87.7 Å². The summed E-state index contributed by atoms with van der Waals surface area (Å²) in [7, 11) is 1.58. The van der Waals surface area contributed by atoms with E-state index in [2.05, 4.69) is 10.6 Å². The zero-order valence-electron chi connectivity index (χ0n) is 19.6. The molecule has 0 saturated carbocycles. The van der Waals surface area contributed by atoms with Crippen molar-refractivity contribution in [1.82, 2.24) is 15.5 Å². The smallest absolute Gasteiger partial charge is 0.408 e. The van der Waals surface area contributed by atoms with Crippen LogP contribution in [0, 0.1) is 13.8 Å². The number of nitrogens with zero attached hydrogens (tertiary/aromatic N) is 1. The molecule has 2 atom stereocenters. The molecule has 0 aliphatic heterocycles. The molecule has 7 nitrogen and oxygen atoms in total. The molecular weight excluding hydrogens is 382 g/mol. The molecule has 0 aliphatic carbocycles. The third kappa shape index (κ3) is 7.69. The van der Waals surface area contributed by atoms with E-state index in [-0.39, 0.29) is 11.8 Å². The van der Waals surface area contributed by atoms with Crippen molar-refractivity contribution in [2.75, 3.05) is 13.6 Å². The number of carbonyl (C=O) groups excluding carboxylic acids is 3. The molecule has 7 heteroatoms. The number of likely N-dealkylation sites (N-methyl/N-ethyl adjacent to an activating group) is 1. The molecule has 0 aromatic heterocycles. The molecule has 0 bridgehead atoms. The first-order valence-electron chi connectivity index (χ1n) is 10.5. The third-order valence-electron chi connectivity index (χ3n) is 4.76. The maximum Gasteiger partial charge on any atom is 0.408 e. The first-order chi connectivity index (χ1) is 13.9. The number of hydrogen-bond donors (Lipinski definition) is 2. The summed E-state index contributed by atoms with van der Waals surface area (Å²) < 4.78 is 5.23. The SMILES string of the molecule is CCCCNC(=O)C(c1ccc(C)c(C)c1)N(C)C(=O)C(C)NC(=O)OC(C)(C)C. The van der Waals surface area contributed by atoms with E-state index >= 15 is 0 Å². The van der Waals surface area contributed by atoms with Gasteiger partial charge in [-0.2, -0.15) is 0 Å². The number of amides is 3. The van der Waals surface area contributed by atoms with Crippen molar-refractivity contribution in [2.45, 2.75) is 79.0 Å². The van der Waals surface area contributed by atoms with Crippen molar-refractivity contribution in [3.8, 4) is 0 Å². The average Bonchev–Trinajstić information content (AvgIpc) is 2.62. The van der Waals surface area contributed by atoms with Gasteiger partial charge in [-0.25, -0.2) is 4.79 Å². The number of nitrogens with one attached hydrogen (secondary N) is 2. The van der Waals surface area contributed by atoms with Gasteiger partial charge in [-0.05, 0) is 64.7 Å². The van der Waals surface area contributed by atoms with E-state index in [4.69, 9.17) is 4.74 Å². The Morgan fingerprint density at radius 3 is 2.30 bits per heavy atom. The summed E-state index contributed by atoms with van der Waals surface area (Å²) >= 11 is 0.